The maximum atomic E-state index is 10.8. The van der Waals surface area contributed by atoms with Crippen molar-refractivity contribution < 1.29 is 9.90 Å². The Morgan fingerprint density at radius 3 is 2.50 bits per heavy atom. The van der Waals surface area contributed by atoms with Gasteiger partial charge in [0.05, 0.1) is 6.42 Å². The summed E-state index contributed by atoms with van der Waals surface area (Å²) in [6.07, 6.45) is 2.78. The molecule has 3 nitrogen and oxygen atoms in total. The summed E-state index contributed by atoms with van der Waals surface area (Å²) in [5.41, 5.74) is 2.79. The molecule has 0 radical (unpaired) electrons. The maximum Gasteiger partial charge on any atom is 0.304 e. The largest absolute Gasteiger partial charge is 0.481 e. The molecular formula is C17H25NO2. The zero-order valence-electron chi connectivity index (χ0n) is 12.7. The van der Waals surface area contributed by atoms with Gasteiger partial charge in [-0.1, -0.05) is 24.3 Å². The fraction of sp³-hybridized carbons (Fsp3) is 0.588. The van der Waals surface area contributed by atoms with Gasteiger partial charge in [0.15, 0.2) is 0 Å². The van der Waals surface area contributed by atoms with Crippen molar-refractivity contribution in [1.82, 2.24) is 4.90 Å². The zero-order valence-corrected chi connectivity index (χ0v) is 12.7. The highest BCUT2D eigenvalue weighted by atomic mass is 16.4. The van der Waals surface area contributed by atoms with Gasteiger partial charge in [0, 0.05) is 18.6 Å². The van der Waals surface area contributed by atoms with Crippen LogP contribution in [0.1, 0.15) is 57.1 Å². The number of benzene rings is 1. The van der Waals surface area contributed by atoms with Crippen LogP contribution in [0.4, 0.5) is 0 Å². The maximum absolute atomic E-state index is 10.8. The minimum Gasteiger partial charge on any atom is -0.481 e. The van der Waals surface area contributed by atoms with Crippen LogP contribution in [0.15, 0.2) is 24.3 Å². The summed E-state index contributed by atoms with van der Waals surface area (Å²) in [6, 6.07) is 8.60. The van der Waals surface area contributed by atoms with Gasteiger partial charge >= 0.3 is 5.97 Å². The molecule has 0 bridgehead atoms. The third-order valence-corrected chi connectivity index (χ3v) is 3.98. The van der Waals surface area contributed by atoms with Crippen molar-refractivity contribution in [3.8, 4) is 0 Å². The number of carbonyl (C=O) groups is 1. The Balaban J connectivity index is 2.12. The van der Waals surface area contributed by atoms with Gasteiger partial charge in [-0.05, 0) is 50.7 Å². The minimum atomic E-state index is -0.727. The van der Waals surface area contributed by atoms with E-state index in [9.17, 15) is 4.79 Å². The molecule has 1 saturated carbocycles. The molecule has 1 aromatic rings. The molecule has 0 heterocycles. The average Bonchev–Trinajstić information content (AvgIpc) is 3.17. The lowest BCUT2D eigenvalue weighted by Crippen LogP contribution is -2.42. The van der Waals surface area contributed by atoms with E-state index < -0.39 is 5.97 Å². The second-order valence-electron chi connectivity index (χ2n) is 6.71. The second kappa shape index (κ2) is 5.96. The van der Waals surface area contributed by atoms with Crippen LogP contribution in [-0.2, 0) is 11.3 Å². The molecule has 0 aromatic heterocycles. The Labute approximate surface area is 121 Å². The molecule has 110 valence electrons. The van der Waals surface area contributed by atoms with Crippen LogP contribution >= 0.6 is 0 Å². The number of carboxylic acid groups (broad SMARTS) is 1. The summed E-state index contributed by atoms with van der Waals surface area (Å²) in [4.78, 5) is 13.1. The quantitative estimate of drug-likeness (QED) is 0.861. The van der Waals surface area contributed by atoms with Crippen LogP contribution in [0.3, 0.4) is 0 Å². The molecule has 0 saturated heterocycles. The lowest BCUT2D eigenvalue weighted by molar-refractivity contribution is -0.137. The van der Waals surface area contributed by atoms with Crippen molar-refractivity contribution >= 4 is 5.97 Å². The van der Waals surface area contributed by atoms with Gasteiger partial charge in [-0.2, -0.15) is 0 Å². The Kier molecular flexibility index (Phi) is 4.48. The third-order valence-electron chi connectivity index (χ3n) is 3.98. The SMILES string of the molecule is CC(C)(C)N(CCC(=O)O)Cc1ccccc1C1CC1. The van der Waals surface area contributed by atoms with Crippen molar-refractivity contribution in [2.45, 2.75) is 58.0 Å². The molecule has 20 heavy (non-hydrogen) atoms. The molecule has 0 unspecified atom stereocenters. The fourth-order valence-electron chi connectivity index (χ4n) is 2.56. The first-order valence-corrected chi connectivity index (χ1v) is 7.42. The van der Waals surface area contributed by atoms with Crippen molar-refractivity contribution in [2.24, 2.45) is 0 Å². The molecule has 3 heteroatoms. The highest BCUT2D eigenvalue weighted by molar-refractivity contribution is 5.66. The summed E-state index contributed by atoms with van der Waals surface area (Å²) >= 11 is 0. The van der Waals surface area contributed by atoms with E-state index in [2.05, 4.69) is 49.9 Å². The van der Waals surface area contributed by atoms with Crippen LogP contribution in [-0.4, -0.2) is 28.1 Å². The second-order valence-corrected chi connectivity index (χ2v) is 6.71. The Morgan fingerprint density at radius 1 is 1.30 bits per heavy atom. The molecule has 0 spiro atoms. The third kappa shape index (κ3) is 4.07. The van der Waals surface area contributed by atoms with E-state index in [1.54, 1.807) is 0 Å². The summed E-state index contributed by atoms with van der Waals surface area (Å²) in [5, 5.41) is 8.92. The predicted molar refractivity (Wildman–Crippen MR) is 80.8 cm³/mol. The Morgan fingerprint density at radius 2 is 1.95 bits per heavy atom. The molecular weight excluding hydrogens is 250 g/mol. The van der Waals surface area contributed by atoms with Gasteiger partial charge < -0.3 is 5.11 Å². The topological polar surface area (TPSA) is 40.5 Å². The van der Waals surface area contributed by atoms with E-state index in [0.717, 1.165) is 12.5 Å². The highest BCUT2D eigenvalue weighted by Crippen LogP contribution is 2.42. The van der Waals surface area contributed by atoms with Gasteiger partial charge in [0.25, 0.3) is 0 Å². The van der Waals surface area contributed by atoms with Gasteiger partial charge in [-0.25, -0.2) is 0 Å². The van der Waals surface area contributed by atoms with Gasteiger partial charge in [0.1, 0.15) is 0 Å². The molecule has 2 rings (SSSR count). The molecule has 1 N–H and O–H groups in total. The molecule has 1 aliphatic carbocycles. The standard InChI is InChI=1S/C17H25NO2/c1-17(2,3)18(11-10-16(19)20)12-14-6-4-5-7-15(14)13-8-9-13/h4-7,13H,8-12H2,1-3H3,(H,19,20). The Bertz CT molecular complexity index is 472. The van der Waals surface area contributed by atoms with Crippen molar-refractivity contribution in [1.29, 1.82) is 0 Å². The number of hydrogen-bond acceptors (Lipinski definition) is 2. The molecule has 1 aromatic carbocycles. The number of carboxylic acids is 1. The van der Waals surface area contributed by atoms with Crippen LogP contribution in [0.2, 0.25) is 0 Å². The number of nitrogens with zero attached hydrogens (tertiary/aromatic N) is 1. The monoisotopic (exact) mass is 275 g/mol. The molecule has 1 aliphatic rings. The lowest BCUT2D eigenvalue weighted by atomic mass is 9.99. The minimum absolute atomic E-state index is 0.0217. The van der Waals surface area contributed by atoms with Crippen molar-refractivity contribution in [2.75, 3.05) is 6.54 Å². The predicted octanol–water partition coefficient (Wildman–Crippen LogP) is 3.64. The zero-order chi connectivity index (χ0) is 14.8. The summed E-state index contributed by atoms with van der Waals surface area (Å²) in [6.45, 7) is 7.87. The Hall–Kier alpha value is -1.35. The van der Waals surface area contributed by atoms with Crippen molar-refractivity contribution in [3.05, 3.63) is 35.4 Å². The first-order valence-electron chi connectivity index (χ1n) is 7.42. The molecule has 0 amide bonds. The van der Waals surface area contributed by atoms with Crippen molar-refractivity contribution in [3.63, 3.8) is 0 Å². The highest BCUT2D eigenvalue weighted by Gasteiger charge is 2.28. The average molecular weight is 275 g/mol. The number of hydrogen-bond donors (Lipinski definition) is 1. The van der Waals surface area contributed by atoms with E-state index in [1.807, 2.05) is 0 Å². The fourth-order valence-corrected chi connectivity index (χ4v) is 2.56. The summed E-state index contributed by atoms with van der Waals surface area (Å²) < 4.78 is 0. The van der Waals surface area contributed by atoms with Crippen LogP contribution in [0, 0.1) is 0 Å². The van der Waals surface area contributed by atoms with Gasteiger partial charge in [-0.3, -0.25) is 9.69 Å². The number of rotatable bonds is 6. The van der Waals surface area contributed by atoms with Gasteiger partial charge in [-0.15, -0.1) is 0 Å². The summed E-state index contributed by atoms with van der Waals surface area (Å²) in [7, 11) is 0. The van der Waals surface area contributed by atoms with Gasteiger partial charge in [0.2, 0.25) is 0 Å². The number of aliphatic carboxylic acids is 1. The van der Waals surface area contributed by atoms with E-state index in [4.69, 9.17) is 5.11 Å². The molecule has 0 aliphatic heterocycles. The molecule has 1 fully saturated rings. The van der Waals surface area contributed by atoms with E-state index >= 15 is 0 Å². The first-order chi connectivity index (χ1) is 9.38. The first kappa shape index (κ1) is 15.0. The van der Waals surface area contributed by atoms with E-state index in [0.29, 0.717) is 6.54 Å². The van der Waals surface area contributed by atoms with Crippen LogP contribution < -0.4 is 0 Å². The van der Waals surface area contributed by atoms with E-state index in [1.165, 1.54) is 24.0 Å². The van der Waals surface area contributed by atoms with E-state index in [-0.39, 0.29) is 12.0 Å². The lowest BCUT2D eigenvalue weighted by Gasteiger charge is -2.36. The van der Waals surface area contributed by atoms with Crippen LogP contribution in [0.5, 0.6) is 0 Å². The molecule has 0 atom stereocenters. The normalized spacial score (nSPS) is 15.6. The summed E-state index contributed by atoms with van der Waals surface area (Å²) in [5.74, 6) is 0.00206. The van der Waals surface area contributed by atoms with Crippen LogP contribution in [0.25, 0.3) is 0 Å². The smallest absolute Gasteiger partial charge is 0.304 e.